The number of nitrogens with one attached hydrogen (secondary N) is 1. The third-order valence-corrected chi connectivity index (χ3v) is 3.64. The molecule has 0 spiro atoms. The molecule has 0 aliphatic carbocycles. The van der Waals surface area contributed by atoms with Crippen molar-refractivity contribution in [2.75, 3.05) is 0 Å². The summed E-state index contributed by atoms with van der Waals surface area (Å²) in [6.07, 6.45) is 0. The van der Waals surface area contributed by atoms with Crippen LogP contribution in [0.3, 0.4) is 0 Å². The molecule has 2 aromatic rings. The molecule has 0 aliphatic rings. The van der Waals surface area contributed by atoms with Crippen molar-refractivity contribution < 1.29 is 9.21 Å². The second-order valence-electron chi connectivity index (χ2n) is 4.22. The van der Waals surface area contributed by atoms with Gasteiger partial charge >= 0.3 is 5.91 Å². The predicted molar refractivity (Wildman–Crippen MR) is 76.5 cm³/mol. The van der Waals surface area contributed by atoms with Crippen LogP contribution in [0, 0.1) is 6.92 Å². The Hall–Kier alpha value is -1.72. The van der Waals surface area contributed by atoms with E-state index in [1.54, 1.807) is 23.9 Å². The molecule has 1 amide bonds. The average Bonchev–Trinajstić information content (AvgIpc) is 2.87. The minimum Gasteiger partial charge on any atom is -0.455 e. The number of thioether (sulfide) groups is 1. The third-order valence-electron chi connectivity index (χ3n) is 2.61. The van der Waals surface area contributed by atoms with Gasteiger partial charge in [0.25, 0.3) is 0 Å². The summed E-state index contributed by atoms with van der Waals surface area (Å²) in [6.45, 7) is 2.08. The molecule has 1 heterocycles. The first-order valence-corrected chi connectivity index (χ1v) is 7.07. The maximum absolute atomic E-state index is 11.2. The van der Waals surface area contributed by atoms with Crippen molar-refractivity contribution in [3.05, 3.63) is 59.0 Å². The fourth-order valence-corrected chi connectivity index (χ4v) is 2.59. The smallest absolute Gasteiger partial charge is 0.300 e. The number of hydrazine groups is 1. The van der Waals surface area contributed by atoms with E-state index in [0.717, 1.165) is 17.3 Å². The molecule has 0 unspecified atom stereocenters. The van der Waals surface area contributed by atoms with E-state index in [1.165, 1.54) is 11.1 Å². The SMILES string of the molecule is Cc1cccc(CSCc2ccc(C(=O)NN)o2)c1. The van der Waals surface area contributed by atoms with E-state index in [-0.39, 0.29) is 5.76 Å². The lowest BCUT2D eigenvalue weighted by Gasteiger charge is -2.01. The van der Waals surface area contributed by atoms with Crippen LogP contribution in [0.25, 0.3) is 0 Å². The van der Waals surface area contributed by atoms with E-state index in [9.17, 15) is 4.79 Å². The van der Waals surface area contributed by atoms with Crippen LogP contribution < -0.4 is 11.3 Å². The maximum atomic E-state index is 11.2. The number of furan rings is 1. The Morgan fingerprint density at radius 1 is 1.32 bits per heavy atom. The summed E-state index contributed by atoms with van der Waals surface area (Å²) >= 11 is 1.74. The summed E-state index contributed by atoms with van der Waals surface area (Å²) in [6, 6.07) is 11.8. The molecule has 1 aromatic heterocycles. The van der Waals surface area contributed by atoms with Gasteiger partial charge in [-0.15, -0.1) is 11.8 Å². The highest BCUT2D eigenvalue weighted by Gasteiger charge is 2.09. The van der Waals surface area contributed by atoms with Gasteiger partial charge in [-0.3, -0.25) is 10.2 Å². The van der Waals surface area contributed by atoms with Crippen molar-refractivity contribution in [3.63, 3.8) is 0 Å². The Bertz CT molecular complexity index is 566. The highest BCUT2D eigenvalue weighted by molar-refractivity contribution is 7.97. The fraction of sp³-hybridized carbons (Fsp3) is 0.214. The van der Waals surface area contributed by atoms with Crippen LogP contribution >= 0.6 is 11.8 Å². The molecule has 0 radical (unpaired) electrons. The largest absolute Gasteiger partial charge is 0.455 e. The first kappa shape index (κ1) is 13.7. The van der Waals surface area contributed by atoms with Gasteiger partial charge in [0.15, 0.2) is 5.76 Å². The molecular formula is C14H16N2O2S. The number of carbonyl (C=O) groups excluding carboxylic acids is 1. The first-order chi connectivity index (χ1) is 9.19. The summed E-state index contributed by atoms with van der Waals surface area (Å²) in [4.78, 5) is 11.2. The molecule has 0 saturated heterocycles. The summed E-state index contributed by atoms with van der Waals surface area (Å²) in [5.74, 6) is 7.30. The minimum absolute atomic E-state index is 0.244. The van der Waals surface area contributed by atoms with Crippen LogP contribution in [-0.4, -0.2) is 5.91 Å². The summed E-state index contributed by atoms with van der Waals surface area (Å²) in [5.41, 5.74) is 4.59. The number of rotatable bonds is 5. The molecule has 0 aliphatic heterocycles. The van der Waals surface area contributed by atoms with Gasteiger partial charge in [-0.1, -0.05) is 29.8 Å². The van der Waals surface area contributed by atoms with Crippen LogP contribution in [-0.2, 0) is 11.5 Å². The lowest BCUT2D eigenvalue weighted by molar-refractivity contribution is 0.0924. The Morgan fingerprint density at radius 2 is 2.16 bits per heavy atom. The van der Waals surface area contributed by atoms with E-state index in [1.807, 2.05) is 5.43 Å². The molecule has 0 fully saturated rings. The first-order valence-electron chi connectivity index (χ1n) is 5.92. The molecule has 5 heteroatoms. The zero-order valence-corrected chi connectivity index (χ0v) is 11.5. The van der Waals surface area contributed by atoms with Crippen LogP contribution in [0.5, 0.6) is 0 Å². The number of carbonyl (C=O) groups is 1. The summed E-state index contributed by atoms with van der Waals surface area (Å²) in [7, 11) is 0. The van der Waals surface area contributed by atoms with Gasteiger partial charge in [0.05, 0.1) is 5.75 Å². The number of aryl methyl sites for hydroxylation is 1. The Morgan fingerprint density at radius 3 is 2.89 bits per heavy atom. The normalized spacial score (nSPS) is 10.4. The van der Waals surface area contributed by atoms with Gasteiger partial charge in [-0.25, -0.2) is 5.84 Å². The number of benzene rings is 1. The van der Waals surface area contributed by atoms with Gasteiger partial charge in [0.1, 0.15) is 5.76 Å². The molecule has 2 rings (SSSR count). The number of nitrogen functional groups attached to an aromatic ring is 1. The van der Waals surface area contributed by atoms with E-state index < -0.39 is 5.91 Å². The zero-order valence-electron chi connectivity index (χ0n) is 10.7. The lowest BCUT2D eigenvalue weighted by atomic mass is 10.2. The van der Waals surface area contributed by atoms with E-state index in [4.69, 9.17) is 10.3 Å². The van der Waals surface area contributed by atoms with E-state index in [2.05, 4.69) is 31.2 Å². The van der Waals surface area contributed by atoms with Gasteiger partial charge in [-0.05, 0) is 24.6 Å². The molecular weight excluding hydrogens is 260 g/mol. The van der Waals surface area contributed by atoms with Crippen LogP contribution in [0.2, 0.25) is 0 Å². The lowest BCUT2D eigenvalue weighted by Crippen LogP contribution is -2.29. The molecule has 19 heavy (non-hydrogen) atoms. The average molecular weight is 276 g/mol. The van der Waals surface area contributed by atoms with Crippen molar-refractivity contribution in [1.82, 2.24) is 5.43 Å². The molecule has 1 aromatic carbocycles. The van der Waals surface area contributed by atoms with Crippen LogP contribution in [0.15, 0.2) is 40.8 Å². The standard InChI is InChI=1S/C14H16N2O2S/c1-10-3-2-4-11(7-10)8-19-9-12-5-6-13(18-12)14(17)16-15/h2-7H,8-9,15H2,1H3,(H,16,17). The second kappa shape index (κ2) is 6.45. The number of hydrogen-bond donors (Lipinski definition) is 2. The Balaban J connectivity index is 1.86. The number of amides is 1. The van der Waals surface area contributed by atoms with Crippen molar-refractivity contribution in [2.24, 2.45) is 5.84 Å². The van der Waals surface area contributed by atoms with Gasteiger partial charge < -0.3 is 4.42 Å². The zero-order chi connectivity index (χ0) is 13.7. The monoisotopic (exact) mass is 276 g/mol. The second-order valence-corrected chi connectivity index (χ2v) is 5.21. The van der Waals surface area contributed by atoms with Gasteiger partial charge in [-0.2, -0.15) is 0 Å². The molecule has 0 saturated carbocycles. The quantitative estimate of drug-likeness (QED) is 0.500. The fourth-order valence-electron chi connectivity index (χ4n) is 1.72. The predicted octanol–water partition coefficient (Wildman–Crippen LogP) is 2.62. The highest BCUT2D eigenvalue weighted by atomic mass is 32.2. The molecule has 100 valence electrons. The molecule has 4 nitrogen and oxygen atoms in total. The Labute approximate surface area is 116 Å². The highest BCUT2D eigenvalue weighted by Crippen LogP contribution is 2.20. The van der Waals surface area contributed by atoms with Crippen LogP contribution in [0.1, 0.15) is 27.4 Å². The number of nitrogens with two attached hydrogens (primary N) is 1. The Kier molecular flexibility index (Phi) is 4.65. The topological polar surface area (TPSA) is 68.3 Å². The van der Waals surface area contributed by atoms with Crippen molar-refractivity contribution in [3.8, 4) is 0 Å². The third kappa shape index (κ3) is 3.87. The minimum atomic E-state index is -0.407. The number of hydrogen-bond acceptors (Lipinski definition) is 4. The van der Waals surface area contributed by atoms with Gasteiger partial charge in [0, 0.05) is 5.75 Å². The van der Waals surface area contributed by atoms with Crippen LogP contribution in [0.4, 0.5) is 0 Å². The van der Waals surface area contributed by atoms with Gasteiger partial charge in [0.2, 0.25) is 0 Å². The van der Waals surface area contributed by atoms with Crippen molar-refractivity contribution >= 4 is 17.7 Å². The van der Waals surface area contributed by atoms with Crippen molar-refractivity contribution in [2.45, 2.75) is 18.4 Å². The van der Waals surface area contributed by atoms with Crippen molar-refractivity contribution in [1.29, 1.82) is 0 Å². The molecule has 0 atom stereocenters. The molecule has 3 N–H and O–H groups in total. The van der Waals surface area contributed by atoms with E-state index in [0.29, 0.717) is 0 Å². The summed E-state index contributed by atoms with van der Waals surface area (Å²) in [5, 5.41) is 0. The molecule has 0 bridgehead atoms. The maximum Gasteiger partial charge on any atom is 0.300 e. The van der Waals surface area contributed by atoms with E-state index >= 15 is 0 Å². The summed E-state index contributed by atoms with van der Waals surface area (Å²) < 4.78 is 5.39.